The lowest BCUT2D eigenvalue weighted by Gasteiger charge is -2.12. The van der Waals surface area contributed by atoms with Gasteiger partial charge in [0.1, 0.15) is 6.04 Å². The minimum atomic E-state index is -0.795. The minimum Gasteiger partial charge on any atom is -0.469 e. The fourth-order valence-electron chi connectivity index (χ4n) is 0.858. The van der Waals surface area contributed by atoms with Gasteiger partial charge in [-0.2, -0.15) is 0 Å². The van der Waals surface area contributed by atoms with E-state index in [1.807, 2.05) is 0 Å². The highest BCUT2D eigenvalue weighted by atomic mass is 16.5. The van der Waals surface area contributed by atoms with Gasteiger partial charge in [0, 0.05) is 6.42 Å². The minimum absolute atomic E-state index is 0.0527. The smallest absolute Gasteiger partial charge is 0.328 e. The Morgan fingerprint density at radius 3 is 2.43 bits per heavy atom. The molecule has 0 aliphatic rings. The van der Waals surface area contributed by atoms with Crippen LogP contribution in [0.1, 0.15) is 12.8 Å². The summed E-state index contributed by atoms with van der Waals surface area (Å²) < 4.78 is 8.80. The zero-order valence-corrected chi connectivity index (χ0v) is 8.11. The number of esters is 2. The molecule has 1 N–H and O–H groups in total. The third kappa shape index (κ3) is 4.44. The van der Waals surface area contributed by atoms with Crippen molar-refractivity contribution < 1.29 is 23.9 Å². The zero-order valence-electron chi connectivity index (χ0n) is 8.11. The van der Waals surface area contributed by atoms with Gasteiger partial charge in [-0.15, -0.1) is 0 Å². The fourth-order valence-corrected chi connectivity index (χ4v) is 0.858. The number of amides is 1. The standard InChI is InChI=1S/C8H13NO5/c1-13-7(11)4-3-6(9-5-10)8(12)14-2/h5-6H,3-4H2,1-2H3,(H,9,10)/t6-/m0/s1. The maximum absolute atomic E-state index is 11.0. The lowest BCUT2D eigenvalue weighted by Crippen LogP contribution is -2.37. The van der Waals surface area contributed by atoms with Gasteiger partial charge in [-0.3, -0.25) is 9.59 Å². The first-order valence-corrected chi connectivity index (χ1v) is 4.00. The molecule has 0 fully saturated rings. The monoisotopic (exact) mass is 203 g/mol. The van der Waals surface area contributed by atoms with Gasteiger partial charge in [0.05, 0.1) is 14.2 Å². The maximum atomic E-state index is 11.0. The molecule has 0 saturated heterocycles. The first kappa shape index (κ1) is 12.4. The van der Waals surface area contributed by atoms with E-state index in [0.29, 0.717) is 6.41 Å². The Morgan fingerprint density at radius 1 is 1.36 bits per heavy atom. The summed E-state index contributed by atoms with van der Waals surface area (Å²) in [4.78, 5) is 31.9. The molecule has 0 aromatic rings. The second-order valence-corrected chi connectivity index (χ2v) is 2.48. The molecule has 1 atom stereocenters. The third-order valence-electron chi connectivity index (χ3n) is 1.62. The molecule has 0 aromatic carbocycles. The Morgan fingerprint density at radius 2 is 2.00 bits per heavy atom. The van der Waals surface area contributed by atoms with Crippen LogP contribution in [0.3, 0.4) is 0 Å². The van der Waals surface area contributed by atoms with Gasteiger partial charge in [-0.1, -0.05) is 0 Å². The number of rotatable bonds is 6. The van der Waals surface area contributed by atoms with E-state index in [9.17, 15) is 14.4 Å². The molecule has 0 heterocycles. The number of hydrogen-bond acceptors (Lipinski definition) is 5. The molecule has 80 valence electrons. The van der Waals surface area contributed by atoms with E-state index in [2.05, 4.69) is 14.8 Å². The summed E-state index contributed by atoms with van der Waals surface area (Å²) in [6, 6.07) is -0.795. The van der Waals surface area contributed by atoms with E-state index in [1.165, 1.54) is 14.2 Å². The van der Waals surface area contributed by atoms with E-state index in [-0.39, 0.29) is 12.8 Å². The molecule has 0 unspecified atom stereocenters. The van der Waals surface area contributed by atoms with Crippen LogP contribution >= 0.6 is 0 Å². The van der Waals surface area contributed by atoms with Crippen LogP contribution in [0.5, 0.6) is 0 Å². The number of ether oxygens (including phenoxy) is 2. The van der Waals surface area contributed by atoms with Gasteiger partial charge in [0.25, 0.3) is 0 Å². The average Bonchev–Trinajstić information content (AvgIpc) is 2.22. The van der Waals surface area contributed by atoms with Crippen molar-refractivity contribution in [3.05, 3.63) is 0 Å². The summed E-state index contributed by atoms with van der Waals surface area (Å²) >= 11 is 0. The summed E-state index contributed by atoms with van der Waals surface area (Å²) in [5.41, 5.74) is 0. The second kappa shape index (κ2) is 6.88. The van der Waals surface area contributed by atoms with Crippen LogP contribution < -0.4 is 5.32 Å². The van der Waals surface area contributed by atoms with Crippen LogP contribution in [0, 0.1) is 0 Å². The number of methoxy groups -OCH3 is 2. The largest absolute Gasteiger partial charge is 0.469 e. The number of carbonyl (C=O) groups excluding carboxylic acids is 3. The lowest BCUT2D eigenvalue weighted by atomic mass is 10.1. The molecule has 0 spiro atoms. The molecule has 0 rings (SSSR count). The first-order valence-electron chi connectivity index (χ1n) is 4.00. The van der Waals surface area contributed by atoms with E-state index in [0.717, 1.165) is 0 Å². The van der Waals surface area contributed by atoms with Crippen molar-refractivity contribution in [2.24, 2.45) is 0 Å². The Labute approximate surface area is 81.6 Å². The molecule has 0 aliphatic heterocycles. The molecule has 0 aromatic heterocycles. The van der Waals surface area contributed by atoms with Crippen molar-refractivity contribution in [3.63, 3.8) is 0 Å². The van der Waals surface area contributed by atoms with E-state index in [4.69, 9.17) is 0 Å². The Bertz CT molecular complexity index is 216. The Balaban J connectivity index is 4.02. The van der Waals surface area contributed by atoms with E-state index >= 15 is 0 Å². The van der Waals surface area contributed by atoms with Gasteiger partial charge >= 0.3 is 11.9 Å². The molecule has 0 radical (unpaired) electrons. The summed E-state index contributed by atoms with van der Waals surface area (Å²) in [5, 5.41) is 2.25. The van der Waals surface area contributed by atoms with Crippen LogP contribution in [-0.2, 0) is 23.9 Å². The van der Waals surface area contributed by atoms with E-state index < -0.39 is 18.0 Å². The maximum Gasteiger partial charge on any atom is 0.328 e. The number of nitrogens with one attached hydrogen (secondary N) is 1. The van der Waals surface area contributed by atoms with Crippen molar-refractivity contribution in [1.29, 1.82) is 0 Å². The number of carbonyl (C=O) groups is 3. The highest BCUT2D eigenvalue weighted by Crippen LogP contribution is 2.00. The normalized spacial score (nSPS) is 11.3. The van der Waals surface area contributed by atoms with Crippen LogP contribution in [0.15, 0.2) is 0 Å². The lowest BCUT2D eigenvalue weighted by molar-refractivity contribution is -0.145. The predicted octanol–water partition coefficient (Wildman–Crippen LogP) is -0.773. The quantitative estimate of drug-likeness (QED) is 0.452. The van der Waals surface area contributed by atoms with Crippen LogP contribution in [0.25, 0.3) is 0 Å². The average molecular weight is 203 g/mol. The fraction of sp³-hybridized carbons (Fsp3) is 0.625. The first-order chi connectivity index (χ1) is 6.65. The molecule has 14 heavy (non-hydrogen) atoms. The highest BCUT2D eigenvalue weighted by molar-refractivity contribution is 5.79. The molecule has 6 nitrogen and oxygen atoms in total. The Hall–Kier alpha value is -1.59. The van der Waals surface area contributed by atoms with Gasteiger partial charge in [0.15, 0.2) is 0 Å². The molecule has 6 heteroatoms. The zero-order chi connectivity index (χ0) is 11.0. The van der Waals surface area contributed by atoms with Crippen LogP contribution in [0.2, 0.25) is 0 Å². The molecule has 1 amide bonds. The van der Waals surface area contributed by atoms with Gasteiger partial charge in [-0.05, 0) is 6.42 Å². The SMILES string of the molecule is COC(=O)CC[C@H](NC=O)C(=O)OC. The topological polar surface area (TPSA) is 81.7 Å². The molecular weight excluding hydrogens is 190 g/mol. The summed E-state index contributed by atoms with van der Waals surface area (Å²) in [5.74, 6) is -1.02. The Kier molecular flexibility index (Phi) is 6.09. The van der Waals surface area contributed by atoms with Crippen LogP contribution in [-0.4, -0.2) is 38.6 Å². The summed E-state index contributed by atoms with van der Waals surface area (Å²) in [6.45, 7) is 0. The van der Waals surface area contributed by atoms with Gasteiger partial charge in [0.2, 0.25) is 6.41 Å². The van der Waals surface area contributed by atoms with E-state index in [1.54, 1.807) is 0 Å². The third-order valence-corrected chi connectivity index (χ3v) is 1.62. The number of hydrogen-bond donors (Lipinski definition) is 1. The summed E-state index contributed by atoms with van der Waals surface area (Å²) in [7, 11) is 2.46. The second-order valence-electron chi connectivity index (χ2n) is 2.48. The molecule has 0 aliphatic carbocycles. The van der Waals surface area contributed by atoms with Crippen molar-refractivity contribution in [2.75, 3.05) is 14.2 Å². The van der Waals surface area contributed by atoms with Crippen molar-refractivity contribution in [3.8, 4) is 0 Å². The molecule has 0 bridgehead atoms. The van der Waals surface area contributed by atoms with Crippen LogP contribution in [0.4, 0.5) is 0 Å². The van der Waals surface area contributed by atoms with Gasteiger partial charge in [-0.25, -0.2) is 4.79 Å². The van der Waals surface area contributed by atoms with Gasteiger partial charge < -0.3 is 14.8 Å². The predicted molar refractivity (Wildman–Crippen MR) is 46.3 cm³/mol. The van der Waals surface area contributed by atoms with Crippen molar-refractivity contribution in [1.82, 2.24) is 5.32 Å². The van der Waals surface area contributed by atoms with Crippen molar-refractivity contribution in [2.45, 2.75) is 18.9 Å². The highest BCUT2D eigenvalue weighted by Gasteiger charge is 2.19. The van der Waals surface area contributed by atoms with Crippen molar-refractivity contribution >= 4 is 18.3 Å². The summed E-state index contributed by atoms with van der Waals surface area (Å²) in [6.07, 6.45) is 0.605. The molecule has 0 saturated carbocycles. The molecular formula is C8H13NO5.